The molecule has 21 heavy (non-hydrogen) atoms. The highest BCUT2D eigenvalue weighted by molar-refractivity contribution is 5.92. The summed E-state index contributed by atoms with van der Waals surface area (Å²) in [6.07, 6.45) is 3.60. The molecule has 1 saturated carbocycles. The van der Waals surface area contributed by atoms with Crippen LogP contribution >= 0.6 is 12.4 Å². The maximum atomic E-state index is 14.2. The molecule has 0 unspecified atom stereocenters. The van der Waals surface area contributed by atoms with Crippen molar-refractivity contribution < 1.29 is 9.18 Å². The molecule has 1 aromatic rings. The van der Waals surface area contributed by atoms with Crippen LogP contribution in [0.5, 0.6) is 0 Å². The van der Waals surface area contributed by atoms with E-state index in [1.165, 1.54) is 6.07 Å². The molecule has 1 fully saturated rings. The molecular formula is C17H25ClFNO. The Labute approximate surface area is 133 Å². The van der Waals surface area contributed by atoms with Gasteiger partial charge < -0.3 is 0 Å². The van der Waals surface area contributed by atoms with Gasteiger partial charge >= 0.3 is 0 Å². The lowest BCUT2D eigenvalue weighted by Gasteiger charge is -2.31. The zero-order valence-electron chi connectivity index (χ0n) is 12.9. The largest absolute Gasteiger partial charge is 0.297 e. The van der Waals surface area contributed by atoms with Crippen molar-refractivity contribution in [3.8, 4) is 0 Å². The Kier molecular flexibility index (Phi) is 6.82. The Hall–Kier alpha value is -0.930. The Bertz CT molecular complexity index is 468. The normalized spacial score (nSPS) is 16.8. The van der Waals surface area contributed by atoms with Gasteiger partial charge in [0.05, 0.1) is 12.0 Å². The van der Waals surface area contributed by atoms with Crippen LogP contribution in [0.3, 0.4) is 0 Å². The van der Waals surface area contributed by atoms with E-state index in [-0.39, 0.29) is 24.0 Å². The van der Waals surface area contributed by atoms with Crippen LogP contribution in [0.15, 0.2) is 24.3 Å². The highest BCUT2D eigenvalue weighted by atomic mass is 35.5. The first-order valence-electron chi connectivity index (χ1n) is 7.64. The number of carbonyl (C=O) groups is 1. The standard InChI is InChI=1S/C17H24FNO.ClH/c1-3-19(4-2)13-16(20)17(11-7-8-12-17)14-9-5-6-10-15(14)18;/h5-6,9-10H,3-4,7-8,11-13H2,1-2H3;1H. The predicted molar refractivity (Wildman–Crippen MR) is 86.6 cm³/mol. The van der Waals surface area contributed by atoms with E-state index in [1.54, 1.807) is 12.1 Å². The van der Waals surface area contributed by atoms with Crippen molar-refractivity contribution in [2.75, 3.05) is 19.6 Å². The molecular weight excluding hydrogens is 289 g/mol. The summed E-state index contributed by atoms with van der Waals surface area (Å²) < 4.78 is 14.2. The van der Waals surface area contributed by atoms with E-state index in [1.807, 2.05) is 6.07 Å². The molecule has 0 atom stereocenters. The Morgan fingerprint density at radius 2 is 1.76 bits per heavy atom. The molecule has 0 aromatic heterocycles. The van der Waals surface area contributed by atoms with Gasteiger partial charge in [-0.1, -0.05) is 44.9 Å². The molecule has 4 heteroatoms. The van der Waals surface area contributed by atoms with Gasteiger partial charge in [0.25, 0.3) is 0 Å². The molecule has 0 radical (unpaired) electrons. The number of benzene rings is 1. The fourth-order valence-corrected chi connectivity index (χ4v) is 3.33. The van der Waals surface area contributed by atoms with Gasteiger partial charge in [-0.2, -0.15) is 0 Å². The third-order valence-corrected chi connectivity index (χ3v) is 4.64. The number of carbonyl (C=O) groups excluding carboxylic acids is 1. The molecule has 2 nitrogen and oxygen atoms in total. The molecule has 118 valence electrons. The lowest BCUT2D eigenvalue weighted by molar-refractivity contribution is -0.125. The van der Waals surface area contributed by atoms with Crippen LogP contribution < -0.4 is 0 Å². The number of rotatable bonds is 6. The number of hydrogen-bond donors (Lipinski definition) is 0. The van der Waals surface area contributed by atoms with Crippen molar-refractivity contribution in [3.63, 3.8) is 0 Å². The lowest BCUT2D eigenvalue weighted by Crippen LogP contribution is -2.42. The minimum absolute atomic E-state index is 0. The van der Waals surface area contributed by atoms with Crippen molar-refractivity contribution >= 4 is 18.2 Å². The van der Waals surface area contributed by atoms with Crippen LogP contribution in [0.4, 0.5) is 4.39 Å². The van der Waals surface area contributed by atoms with Crippen LogP contribution in [-0.2, 0) is 10.2 Å². The van der Waals surface area contributed by atoms with E-state index in [0.29, 0.717) is 12.1 Å². The molecule has 1 aromatic carbocycles. The first kappa shape index (κ1) is 18.1. The van der Waals surface area contributed by atoms with E-state index in [2.05, 4.69) is 18.7 Å². The minimum Gasteiger partial charge on any atom is -0.297 e. The molecule has 0 heterocycles. The van der Waals surface area contributed by atoms with E-state index < -0.39 is 5.41 Å². The van der Waals surface area contributed by atoms with Crippen LogP contribution in [0.25, 0.3) is 0 Å². The second-order valence-corrected chi connectivity index (χ2v) is 5.65. The van der Waals surface area contributed by atoms with Crippen molar-refractivity contribution in [2.45, 2.75) is 44.9 Å². The van der Waals surface area contributed by atoms with Crippen molar-refractivity contribution in [1.29, 1.82) is 0 Å². The second-order valence-electron chi connectivity index (χ2n) is 5.65. The summed E-state index contributed by atoms with van der Waals surface area (Å²) in [6, 6.07) is 6.79. The number of ketones is 1. The van der Waals surface area contributed by atoms with E-state index in [9.17, 15) is 9.18 Å². The smallest absolute Gasteiger partial charge is 0.157 e. The number of likely N-dealkylation sites (N-methyl/N-ethyl adjacent to an activating group) is 1. The minimum atomic E-state index is -0.589. The van der Waals surface area contributed by atoms with Gasteiger partial charge in [-0.15, -0.1) is 12.4 Å². The molecule has 1 aliphatic rings. The number of Topliss-reactive ketones (excluding diaryl/α,β-unsaturated/α-hetero) is 1. The van der Waals surface area contributed by atoms with Gasteiger partial charge in [0.2, 0.25) is 0 Å². The fourth-order valence-electron chi connectivity index (χ4n) is 3.33. The number of hydrogen-bond acceptors (Lipinski definition) is 2. The summed E-state index contributed by atoms with van der Waals surface area (Å²) in [6.45, 7) is 6.26. The summed E-state index contributed by atoms with van der Waals surface area (Å²) >= 11 is 0. The first-order valence-corrected chi connectivity index (χ1v) is 7.64. The summed E-state index contributed by atoms with van der Waals surface area (Å²) in [4.78, 5) is 15.0. The summed E-state index contributed by atoms with van der Waals surface area (Å²) in [5, 5.41) is 0. The molecule has 2 rings (SSSR count). The average Bonchev–Trinajstić information content (AvgIpc) is 2.95. The van der Waals surface area contributed by atoms with Gasteiger partial charge in [0, 0.05) is 5.56 Å². The quantitative estimate of drug-likeness (QED) is 0.792. The number of halogens is 2. The van der Waals surface area contributed by atoms with Gasteiger partial charge in [-0.25, -0.2) is 4.39 Å². The molecule has 0 bridgehead atoms. The van der Waals surface area contributed by atoms with Crippen molar-refractivity contribution in [1.82, 2.24) is 4.90 Å². The van der Waals surface area contributed by atoms with E-state index in [4.69, 9.17) is 0 Å². The average molecular weight is 314 g/mol. The second kappa shape index (κ2) is 7.90. The third kappa shape index (κ3) is 3.64. The van der Waals surface area contributed by atoms with Crippen LogP contribution in [0, 0.1) is 5.82 Å². The van der Waals surface area contributed by atoms with Crippen LogP contribution in [0.1, 0.15) is 45.1 Å². The van der Waals surface area contributed by atoms with E-state index >= 15 is 0 Å². The summed E-state index contributed by atoms with van der Waals surface area (Å²) in [5.41, 5.74) is 0.0168. The van der Waals surface area contributed by atoms with Crippen LogP contribution in [-0.4, -0.2) is 30.3 Å². The maximum absolute atomic E-state index is 14.2. The predicted octanol–water partition coefficient (Wildman–Crippen LogP) is 3.97. The fraction of sp³-hybridized carbons (Fsp3) is 0.588. The SMILES string of the molecule is CCN(CC)CC(=O)C1(c2ccccc2F)CCCC1.Cl. The van der Waals surface area contributed by atoms with Gasteiger partial charge in [-0.3, -0.25) is 9.69 Å². The summed E-state index contributed by atoms with van der Waals surface area (Å²) in [7, 11) is 0. The zero-order valence-corrected chi connectivity index (χ0v) is 13.7. The monoisotopic (exact) mass is 313 g/mol. The first-order chi connectivity index (χ1) is 9.64. The van der Waals surface area contributed by atoms with Crippen LogP contribution in [0.2, 0.25) is 0 Å². The van der Waals surface area contributed by atoms with Gasteiger partial charge in [-0.05, 0) is 32.0 Å². The molecule has 0 amide bonds. The molecule has 0 N–H and O–H groups in total. The highest BCUT2D eigenvalue weighted by Crippen LogP contribution is 2.43. The Morgan fingerprint density at radius 1 is 1.19 bits per heavy atom. The van der Waals surface area contributed by atoms with E-state index in [0.717, 1.165) is 38.8 Å². The molecule has 0 aliphatic heterocycles. The summed E-state index contributed by atoms with van der Waals surface area (Å²) in [5.74, 6) is -0.0499. The lowest BCUT2D eigenvalue weighted by atomic mass is 9.74. The van der Waals surface area contributed by atoms with Gasteiger partial charge in [0.15, 0.2) is 5.78 Å². The molecule has 0 saturated heterocycles. The van der Waals surface area contributed by atoms with Gasteiger partial charge in [0.1, 0.15) is 5.82 Å². The Balaban J connectivity index is 0.00000220. The number of nitrogens with zero attached hydrogens (tertiary/aromatic N) is 1. The maximum Gasteiger partial charge on any atom is 0.157 e. The highest BCUT2D eigenvalue weighted by Gasteiger charge is 2.43. The zero-order chi connectivity index (χ0) is 14.6. The topological polar surface area (TPSA) is 20.3 Å². The van der Waals surface area contributed by atoms with Crippen molar-refractivity contribution in [3.05, 3.63) is 35.6 Å². The Morgan fingerprint density at radius 3 is 2.29 bits per heavy atom. The van der Waals surface area contributed by atoms with Crippen molar-refractivity contribution in [2.24, 2.45) is 0 Å². The molecule has 1 aliphatic carbocycles. The molecule has 0 spiro atoms. The third-order valence-electron chi connectivity index (χ3n) is 4.64.